The van der Waals surface area contributed by atoms with Crippen molar-refractivity contribution in [2.24, 2.45) is 0 Å². The summed E-state index contributed by atoms with van der Waals surface area (Å²) in [5.41, 5.74) is 2.53. The second-order valence-electron chi connectivity index (χ2n) is 5.15. The maximum Gasteiger partial charge on any atom is 0.0698 e. The summed E-state index contributed by atoms with van der Waals surface area (Å²) in [6, 6.07) is 4.78. The Balaban J connectivity index is 2.14. The molecule has 2 rings (SSSR count). The molecule has 2 heterocycles. The monoisotopic (exact) mass is 336 g/mol. The Morgan fingerprint density at radius 2 is 2.00 bits per heavy atom. The van der Waals surface area contributed by atoms with Crippen LogP contribution in [0.15, 0.2) is 35.2 Å². The molecule has 0 aliphatic carbocycles. The lowest BCUT2D eigenvalue weighted by molar-refractivity contribution is 0.445. The van der Waals surface area contributed by atoms with E-state index in [2.05, 4.69) is 62.0 Å². The Morgan fingerprint density at radius 1 is 1.30 bits per heavy atom. The molecule has 0 saturated carbocycles. The highest BCUT2D eigenvalue weighted by Crippen LogP contribution is 2.28. The van der Waals surface area contributed by atoms with Gasteiger partial charge in [-0.05, 0) is 67.4 Å². The standard InChI is InChI=1S/C15H21BrN4/c1-11(2)20-15(13(16)10-19-20)14(17-3)5-4-12-6-8-18-9-7-12/h6-11,14,17H,4-5H2,1-3H3. The van der Waals surface area contributed by atoms with Gasteiger partial charge in [0, 0.05) is 18.4 Å². The molecule has 0 amide bonds. The number of pyridine rings is 1. The van der Waals surface area contributed by atoms with Crippen LogP contribution in [-0.4, -0.2) is 21.8 Å². The predicted molar refractivity (Wildman–Crippen MR) is 84.7 cm³/mol. The van der Waals surface area contributed by atoms with E-state index in [1.54, 1.807) is 0 Å². The third-order valence-electron chi connectivity index (χ3n) is 3.43. The van der Waals surface area contributed by atoms with Crippen LogP contribution < -0.4 is 5.32 Å². The first-order valence-corrected chi connectivity index (χ1v) is 7.71. The number of nitrogens with zero attached hydrogens (tertiary/aromatic N) is 3. The predicted octanol–water partition coefficient (Wildman–Crippen LogP) is 3.51. The molecule has 0 saturated heterocycles. The average molecular weight is 337 g/mol. The van der Waals surface area contributed by atoms with Crippen molar-refractivity contribution in [1.82, 2.24) is 20.1 Å². The van der Waals surface area contributed by atoms with E-state index in [4.69, 9.17) is 0 Å². The maximum atomic E-state index is 4.46. The zero-order valence-corrected chi connectivity index (χ0v) is 13.8. The van der Waals surface area contributed by atoms with E-state index >= 15 is 0 Å². The lowest BCUT2D eigenvalue weighted by Crippen LogP contribution is -2.22. The van der Waals surface area contributed by atoms with Crippen molar-refractivity contribution < 1.29 is 0 Å². The second-order valence-corrected chi connectivity index (χ2v) is 6.01. The minimum absolute atomic E-state index is 0.280. The smallest absolute Gasteiger partial charge is 0.0698 e. The van der Waals surface area contributed by atoms with Gasteiger partial charge in [0.05, 0.1) is 22.4 Å². The average Bonchev–Trinajstić information content (AvgIpc) is 2.83. The van der Waals surface area contributed by atoms with Gasteiger partial charge < -0.3 is 5.32 Å². The summed E-state index contributed by atoms with van der Waals surface area (Å²) in [6.07, 6.45) is 7.61. The summed E-state index contributed by atoms with van der Waals surface area (Å²) in [5.74, 6) is 0. The molecule has 108 valence electrons. The van der Waals surface area contributed by atoms with Gasteiger partial charge in [-0.3, -0.25) is 9.67 Å². The van der Waals surface area contributed by atoms with Crippen molar-refractivity contribution in [3.63, 3.8) is 0 Å². The number of rotatable bonds is 6. The number of aromatic nitrogens is 3. The van der Waals surface area contributed by atoms with Gasteiger partial charge in [-0.1, -0.05) is 0 Å². The molecule has 20 heavy (non-hydrogen) atoms. The Morgan fingerprint density at radius 3 is 2.60 bits per heavy atom. The summed E-state index contributed by atoms with van der Waals surface area (Å²) in [7, 11) is 2.00. The van der Waals surface area contributed by atoms with E-state index in [1.165, 1.54) is 11.3 Å². The van der Waals surface area contributed by atoms with Gasteiger partial charge in [0.2, 0.25) is 0 Å². The molecular weight excluding hydrogens is 316 g/mol. The molecule has 0 bridgehead atoms. The van der Waals surface area contributed by atoms with Crippen LogP contribution in [0, 0.1) is 0 Å². The lowest BCUT2D eigenvalue weighted by Gasteiger charge is -2.20. The van der Waals surface area contributed by atoms with Gasteiger partial charge in [-0.2, -0.15) is 5.10 Å². The third-order valence-corrected chi connectivity index (χ3v) is 4.04. The molecule has 4 nitrogen and oxygen atoms in total. The molecule has 0 aliphatic rings. The van der Waals surface area contributed by atoms with Crippen LogP contribution in [0.2, 0.25) is 0 Å². The van der Waals surface area contributed by atoms with Crippen LogP contribution in [0.25, 0.3) is 0 Å². The SMILES string of the molecule is CNC(CCc1ccncc1)c1c(Br)cnn1C(C)C. The van der Waals surface area contributed by atoms with Crippen molar-refractivity contribution >= 4 is 15.9 Å². The van der Waals surface area contributed by atoms with E-state index in [9.17, 15) is 0 Å². The summed E-state index contributed by atoms with van der Waals surface area (Å²) in [5, 5.41) is 7.86. The van der Waals surface area contributed by atoms with Gasteiger partial charge in [-0.15, -0.1) is 0 Å². The quantitative estimate of drug-likeness (QED) is 0.877. The van der Waals surface area contributed by atoms with Crippen LogP contribution in [0.3, 0.4) is 0 Å². The third kappa shape index (κ3) is 3.46. The molecular formula is C15H21BrN4. The zero-order valence-electron chi connectivity index (χ0n) is 12.2. The van der Waals surface area contributed by atoms with Crippen molar-refractivity contribution in [3.8, 4) is 0 Å². The number of hydrogen-bond acceptors (Lipinski definition) is 3. The van der Waals surface area contributed by atoms with E-state index in [0.717, 1.165) is 17.3 Å². The maximum absolute atomic E-state index is 4.46. The fraction of sp³-hybridized carbons (Fsp3) is 0.467. The second kappa shape index (κ2) is 6.99. The van der Waals surface area contributed by atoms with Crippen LogP contribution in [0.5, 0.6) is 0 Å². The van der Waals surface area contributed by atoms with Crippen molar-refractivity contribution in [3.05, 3.63) is 46.5 Å². The molecule has 1 N–H and O–H groups in total. The van der Waals surface area contributed by atoms with Crippen molar-refractivity contribution in [1.29, 1.82) is 0 Å². The number of hydrogen-bond donors (Lipinski definition) is 1. The topological polar surface area (TPSA) is 42.7 Å². The van der Waals surface area contributed by atoms with Crippen LogP contribution in [0.1, 0.15) is 43.6 Å². The highest BCUT2D eigenvalue weighted by atomic mass is 79.9. The first-order chi connectivity index (χ1) is 9.63. The Labute approximate surface area is 128 Å². The Bertz CT molecular complexity index is 536. The molecule has 1 unspecified atom stereocenters. The van der Waals surface area contributed by atoms with E-state index in [1.807, 2.05) is 25.6 Å². The molecule has 2 aromatic heterocycles. The molecule has 0 spiro atoms. The summed E-state index contributed by atoms with van der Waals surface area (Å²) < 4.78 is 3.15. The van der Waals surface area contributed by atoms with Crippen LogP contribution in [-0.2, 0) is 6.42 Å². The number of halogens is 1. The van der Waals surface area contributed by atoms with E-state index < -0.39 is 0 Å². The molecule has 1 atom stereocenters. The van der Waals surface area contributed by atoms with Crippen molar-refractivity contribution in [2.45, 2.75) is 38.8 Å². The fourth-order valence-electron chi connectivity index (χ4n) is 2.37. The largest absolute Gasteiger partial charge is 0.312 e. The lowest BCUT2D eigenvalue weighted by atomic mass is 10.0. The highest BCUT2D eigenvalue weighted by Gasteiger charge is 2.19. The fourth-order valence-corrected chi connectivity index (χ4v) is 2.92. The van der Waals surface area contributed by atoms with Crippen LogP contribution >= 0.6 is 15.9 Å². The minimum atomic E-state index is 0.280. The molecule has 0 aromatic carbocycles. The number of nitrogens with one attached hydrogen (secondary N) is 1. The van der Waals surface area contributed by atoms with Gasteiger partial charge in [0.15, 0.2) is 0 Å². The summed E-state index contributed by atoms with van der Waals surface area (Å²) in [6.45, 7) is 4.30. The van der Waals surface area contributed by atoms with Crippen LogP contribution in [0.4, 0.5) is 0 Å². The Hall–Kier alpha value is -1.20. The first kappa shape index (κ1) is 15.2. The van der Waals surface area contributed by atoms with Gasteiger partial charge >= 0.3 is 0 Å². The first-order valence-electron chi connectivity index (χ1n) is 6.92. The number of aryl methyl sites for hydroxylation is 1. The van der Waals surface area contributed by atoms with Crippen molar-refractivity contribution in [2.75, 3.05) is 7.05 Å². The van der Waals surface area contributed by atoms with Gasteiger partial charge in [0.25, 0.3) is 0 Å². The zero-order chi connectivity index (χ0) is 14.5. The van der Waals surface area contributed by atoms with Gasteiger partial charge in [-0.25, -0.2) is 0 Å². The summed E-state index contributed by atoms with van der Waals surface area (Å²) in [4.78, 5) is 4.06. The van der Waals surface area contributed by atoms with E-state index in [0.29, 0.717) is 6.04 Å². The normalized spacial score (nSPS) is 12.8. The molecule has 0 radical (unpaired) electrons. The van der Waals surface area contributed by atoms with Gasteiger partial charge in [0.1, 0.15) is 0 Å². The molecule has 0 fully saturated rings. The molecule has 5 heteroatoms. The summed E-state index contributed by atoms with van der Waals surface area (Å²) >= 11 is 3.62. The minimum Gasteiger partial charge on any atom is -0.312 e. The highest BCUT2D eigenvalue weighted by molar-refractivity contribution is 9.10. The van der Waals surface area contributed by atoms with E-state index in [-0.39, 0.29) is 6.04 Å². The molecule has 2 aromatic rings. The molecule has 0 aliphatic heterocycles. The Kier molecular flexibility index (Phi) is 5.31.